The van der Waals surface area contributed by atoms with E-state index in [1.807, 2.05) is 0 Å². The summed E-state index contributed by atoms with van der Waals surface area (Å²) in [5.41, 5.74) is -3.03. The van der Waals surface area contributed by atoms with Gasteiger partial charge in [0.15, 0.2) is 12.1 Å². The molecule has 0 aliphatic carbocycles. The van der Waals surface area contributed by atoms with E-state index in [4.69, 9.17) is 18.9 Å². The largest absolute Gasteiger partial charge is 0.632 e. The number of methoxy groups -OCH3 is 1. The minimum absolute atomic E-state index is 0.173. The molecule has 2 heterocycles. The molecule has 0 bridgehead atoms. The molecule has 1 saturated heterocycles. The lowest BCUT2D eigenvalue weighted by Crippen LogP contribution is -2.65. The van der Waals surface area contributed by atoms with Crippen LogP contribution in [0.5, 0.6) is 0 Å². The van der Waals surface area contributed by atoms with E-state index in [9.17, 15) is 24.7 Å². The SMILES string of the molecule is CC=C(C)C(=O)OC1CC[N+]2([O-])CC=C(COC(=O)C(O)(C(C)OC)C(C)(C)OC(C)=O)C12. The van der Waals surface area contributed by atoms with Gasteiger partial charge in [0.25, 0.3) is 0 Å². The predicted octanol–water partition coefficient (Wildman–Crippen LogP) is 1.54. The first kappa shape index (κ1) is 27.0. The van der Waals surface area contributed by atoms with Crippen molar-refractivity contribution in [3.63, 3.8) is 0 Å². The van der Waals surface area contributed by atoms with E-state index < -0.39 is 52.0 Å². The third-order valence-electron chi connectivity index (χ3n) is 6.65. The van der Waals surface area contributed by atoms with Crippen LogP contribution < -0.4 is 0 Å². The summed E-state index contributed by atoms with van der Waals surface area (Å²) in [4.78, 5) is 36.8. The van der Waals surface area contributed by atoms with Gasteiger partial charge in [-0.05, 0) is 40.7 Å². The van der Waals surface area contributed by atoms with Crippen LogP contribution in [0.1, 0.15) is 48.0 Å². The van der Waals surface area contributed by atoms with Gasteiger partial charge < -0.3 is 33.9 Å². The zero-order valence-corrected chi connectivity index (χ0v) is 20.4. The topological polar surface area (TPSA) is 131 Å². The van der Waals surface area contributed by atoms with Gasteiger partial charge in [0.1, 0.15) is 12.2 Å². The van der Waals surface area contributed by atoms with Crippen LogP contribution >= 0.6 is 0 Å². The summed E-state index contributed by atoms with van der Waals surface area (Å²) >= 11 is 0. The highest BCUT2D eigenvalue weighted by atomic mass is 16.6. The van der Waals surface area contributed by atoms with Crippen molar-refractivity contribution in [3.05, 3.63) is 28.5 Å². The van der Waals surface area contributed by atoms with Crippen molar-refractivity contribution < 1.29 is 43.1 Å². The monoisotopic (exact) mass is 469 g/mol. The van der Waals surface area contributed by atoms with E-state index in [2.05, 4.69) is 0 Å². The molecule has 0 spiro atoms. The molecule has 33 heavy (non-hydrogen) atoms. The Hall–Kier alpha value is -2.27. The summed E-state index contributed by atoms with van der Waals surface area (Å²) in [7, 11) is 1.31. The predicted molar refractivity (Wildman–Crippen MR) is 117 cm³/mol. The van der Waals surface area contributed by atoms with Crippen LogP contribution in [0.25, 0.3) is 0 Å². The van der Waals surface area contributed by atoms with Gasteiger partial charge in [-0.1, -0.05) is 6.08 Å². The van der Waals surface area contributed by atoms with Gasteiger partial charge in [0, 0.05) is 31.6 Å². The lowest BCUT2D eigenvalue weighted by Gasteiger charge is -2.42. The molecule has 5 unspecified atom stereocenters. The molecule has 0 aromatic rings. The Morgan fingerprint density at radius 2 is 1.97 bits per heavy atom. The fourth-order valence-corrected chi connectivity index (χ4v) is 4.47. The maximum atomic E-state index is 13.2. The Labute approximate surface area is 194 Å². The number of carbonyl (C=O) groups is 3. The maximum Gasteiger partial charge on any atom is 0.345 e. The Morgan fingerprint density at radius 3 is 2.52 bits per heavy atom. The second-order valence-electron chi connectivity index (χ2n) is 9.11. The zero-order valence-electron chi connectivity index (χ0n) is 20.4. The molecule has 2 rings (SSSR count). The summed E-state index contributed by atoms with van der Waals surface area (Å²) < 4.78 is 20.8. The molecule has 0 aromatic carbocycles. The van der Waals surface area contributed by atoms with Gasteiger partial charge in [-0.25, -0.2) is 9.59 Å². The second kappa shape index (κ2) is 9.92. The van der Waals surface area contributed by atoms with Gasteiger partial charge >= 0.3 is 17.9 Å². The number of quaternary nitrogens is 1. The number of hydrogen-bond donors (Lipinski definition) is 1. The molecule has 2 aliphatic heterocycles. The number of hydroxylamine groups is 3. The van der Waals surface area contributed by atoms with Crippen LogP contribution in [0.2, 0.25) is 0 Å². The Morgan fingerprint density at radius 1 is 1.33 bits per heavy atom. The first-order chi connectivity index (χ1) is 15.2. The van der Waals surface area contributed by atoms with Gasteiger partial charge in [-0.15, -0.1) is 0 Å². The van der Waals surface area contributed by atoms with Crippen LogP contribution in [0.3, 0.4) is 0 Å². The molecule has 1 N–H and O–H groups in total. The summed E-state index contributed by atoms with van der Waals surface area (Å²) in [6.07, 6.45) is 1.99. The molecule has 0 saturated carbocycles. The summed E-state index contributed by atoms with van der Waals surface area (Å²) in [6.45, 7) is 8.91. The first-order valence-electron chi connectivity index (χ1n) is 11.0. The number of carbonyl (C=O) groups excluding carboxylic acids is 3. The highest BCUT2D eigenvalue weighted by Gasteiger charge is 2.58. The van der Waals surface area contributed by atoms with Crippen molar-refractivity contribution in [1.82, 2.24) is 0 Å². The number of fused-ring (bicyclic) bond motifs is 1. The second-order valence-corrected chi connectivity index (χ2v) is 9.11. The number of aliphatic hydroxyl groups is 1. The molecule has 5 atom stereocenters. The molecule has 2 aliphatic rings. The van der Waals surface area contributed by atoms with E-state index in [-0.39, 0.29) is 19.7 Å². The average Bonchev–Trinajstić information content (AvgIpc) is 3.24. The fourth-order valence-electron chi connectivity index (χ4n) is 4.47. The molecule has 10 heteroatoms. The van der Waals surface area contributed by atoms with Crippen molar-refractivity contribution in [1.29, 1.82) is 0 Å². The van der Waals surface area contributed by atoms with E-state index >= 15 is 0 Å². The Kier molecular flexibility index (Phi) is 8.11. The minimum atomic E-state index is -2.32. The molecule has 0 radical (unpaired) electrons. The van der Waals surface area contributed by atoms with Crippen molar-refractivity contribution in [2.45, 2.75) is 77.4 Å². The summed E-state index contributed by atoms with van der Waals surface area (Å²) in [5.74, 6) is -2.24. The van der Waals surface area contributed by atoms with E-state index in [1.54, 1.807) is 26.0 Å². The molecular formula is C23H35NO9. The summed E-state index contributed by atoms with van der Waals surface area (Å²) in [6, 6.07) is -0.694. The van der Waals surface area contributed by atoms with Crippen LogP contribution in [0, 0.1) is 5.21 Å². The number of nitrogens with zero attached hydrogens (tertiary/aromatic N) is 1. The van der Waals surface area contributed by atoms with Crippen molar-refractivity contribution in [2.24, 2.45) is 0 Å². The Bertz CT molecular complexity index is 849. The average molecular weight is 470 g/mol. The quantitative estimate of drug-likeness (QED) is 0.133. The molecule has 186 valence electrons. The molecule has 1 fully saturated rings. The highest BCUT2D eigenvalue weighted by Crippen LogP contribution is 2.39. The number of hydrogen-bond acceptors (Lipinski definition) is 9. The molecule has 0 aromatic heterocycles. The normalized spacial score (nSPS) is 27.8. The first-order valence-corrected chi connectivity index (χ1v) is 11.0. The van der Waals surface area contributed by atoms with Crippen molar-refractivity contribution >= 4 is 17.9 Å². The van der Waals surface area contributed by atoms with E-state index in [0.29, 0.717) is 17.6 Å². The number of ether oxygens (including phenoxy) is 4. The van der Waals surface area contributed by atoms with Gasteiger partial charge in [0.2, 0.25) is 5.60 Å². The zero-order chi connectivity index (χ0) is 25.2. The number of allylic oxidation sites excluding steroid dienone is 1. The van der Waals surface area contributed by atoms with Gasteiger partial charge in [0.05, 0.1) is 19.2 Å². The van der Waals surface area contributed by atoms with E-state index in [1.165, 1.54) is 27.9 Å². The smallest absolute Gasteiger partial charge is 0.345 e. The molecule has 10 nitrogen and oxygen atoms in total. The van der Waals surface area contributed by atoms with E-state index in [0.717, 1.165) is 6.92 Å². The standard InChI is InChI=1S/C23H35NO9/c1-8-14(2)20(26)32-18-10-12-24(29)11-9-17(19(18)24)13-31-21(27)23(28,15(3)30-7)22(5,6)33-16(4)25/h8-9,15,18-19,28H,10-13H2,1-7H3. The van der Waals surface area contributed by atoms with Crippen molar-refractivity contribution in [3.8, 4) is 0 Å². The molecule has 0 amide bonds. The lowest BCUT2D eigenvalue weighted by molar-refractivity contribution is -0.877. The fraction of sp³-hybridized carbons (Fsp3) is 0.696. The van der Waals surface area contributed by atoms with Crippen LogP contribution in [0.15, 0.2) is 23.3 Å². The highest BCUT2D eigenvalue weighted by molar-refractivity contribution is 5.87. The van der Waals surface area contributed by atoms with Crippen LogP contribution in [0.4, 0.5) is 0 Å². The third kappa shape index (κ3) is 5.13. The Balaban J connectivity index is 2.20. The summed E-state index contributed by atoms with van der Waals surface area (Å²) in [5, 5.41) is 24.5. The van der Waals surface area contributed by atoms with Gasteiger partial charge in [-0.3, -0.25) is 4.79 Å². The lowest BCUT2D eigenvalue weighted by atomic mass is 9.81. The minimum Gasteiger partial charge on any atom is -0.632 e. The van der Waals surface area contributed by atoms with Gasteiger partial charge in [-0.2, -0.15) is 0 Å². The molecular weight excluding hydrogens is 434 g/mol. The van der Waals surface area contributed by atoms with Crippen LogP contribution in [-0.4, -0.2) is 83.9 Å². The van der Waals surface area contributed by atoms with Crippen LogP contribution in [-0.2, 0) is 33.3 Å². The maximum absolute atomic E-state index is 13.2. The number of esters is 3. The van der Waals surface area contributed by atoms with Crippen molar-refractivity contribution in [2.75, 3.05) is 26.8 Å². The third-order valence-corrected chi connectivity index (χ3v) is 6.65. The number of rotatable bonds is 9.